The maximum Gasteiger partial charge on any atom is 0.123 e. The number of hydrogen-bond acceptors (Lipinski definition) is 2. The second kappa shape index (κ2) is 4.76. The first-order valence-electron chi connectivity index (χ1n) is 5.26. The number of halogens is 1. The molecule has 2 aromatic rings. The third-order valence-corrected chi connectivity index (χ3v) is 3.96. The van der Waals surface area contributed by atoms with Crippen LogP contribution in [0.1, 0.15) is 17.7 Å². The molecule has 1 heterocycles. The number of hydrogen-bond donors (Lipinski definition) is 1. The van der Waals surface area contributed by atoms with Crippen LogP contribution >= 0.6 is 11.3 Å². The molecule has 0 bridgehead atoms. The Morgan fingerprint density at radius 2 is 1.88 bits per heavy atom. The summed E-state index contributed by atoms with van der Waals surface area (Å²) in [5.74, 6) is 0.190. The van der Waals surface area contributed by atoms with Crippen molar-refractivity contribution < 1.29 is 4.39 Å². The van der Waals surface area contributed by atoms with Gasteiger partial charge in [0.25, 0.3) is 0 Å². The van der Waals surface area contributed by atoms with Crippen molar-refractivity contribution in [1.29, 1.82) is 0 Å². The van der Waals surface area contributed by atoms with E-state index >= 15 is 0 Å². The van der Waals surface area contributed by atoms with Gasteiger partial charge in [-0.25, -0.2) is 4.39 Å². The van der Waals surface area contributed by atoms with Crippen molar-refractivity contribution in [1.82, 2.24) is 0 Å². The van der Waals surface area contributed by atoms with E-state index in [1.807, 2.05) is 0 Å². The Kier molecular flexibility index (Phi) is 3.36. The van der Waals surface area contributed by atoms with Gasteiger partial charge < -0.3 is 5.73 Å². The molecule has 0 amide bonds. The van der Waals surface area contributed by atoms with E-state index in [2.05, 4.69) is 19.1 Å². The molecule has 3 heteroatoms. The monoisotopic (exact) mass is 235 g/mol. The first-order chi connectivity index (χ1) is 7.70. The minimum atomic E-state index is -0.198. The molecule has 16 heavy (non-hydrogen) atoms. The van der Waals surface area contributed by atoms with Crippen LogP contribution in [0.4, 0.5) is 4.39 Å². The lowest BCUT2D eigenvalue weighted by Crippen LogP contribution is -2.06. The van der Waals surface area contributed by atoms with E-state index in [0.29, 0.717) is 12.5 Å². The Bertz CT molecular complexity index is 461. The summed E-state index contributed by atoms with van der Waals surface area (Å²) in [6.07, 6.45) is 0. The molecule has 0 radical (unpaired) electrons. The number of rotatable bonds is 3. The van der Waals surface area contributed by atoms with Crippen LogP contribution in [0.15, 0.2) is 36.4 Å². The molecule has 1 atom stereocenters. The zero-order valence-corrected chi connectivity index (χ0v) is 9.93. The molecule has 2 N–H and O–H groups in total. The van der Waals surface area contributed by atoms with E-state index in [-0.39, 0.29) is 5.82 Å². The molecule has 1 aromatic heterocycles. The van der Waals surface area contributed by atoms with Gasteiger partial charge in [0.15, 0.2) is 0 Å². The fraction of sp³-hybridized carbons (Fsp3) is 0.231. The standard InChI is InChI=1S/C13H14FNS/c1-9(8-15)12-6-7-13(16-12)10-2-4-11(14)5-3-10/h2-7,9H,8,15H2,1H3. The number of thiophene rings is 1. The second-order valence-electron chi connectivity index (χ2n) is 3.85. The second-order valence-corrected chi connectivity index (χ2v) is 4.96. The van der Waals surface area contributed by atoms with Gasteiger partial charge in [-0.2, -0.15) is 0 Å². The summed E-state index contributed by atoms with van der Waals surface area (Å²) in [6, 6.07) is 10.7. The van der Waals surface area contributed by atoms with Crippen molar-refractivity contribution in [3.05, 3.63) is 47.1 Å². The lowest BCUT2D eigenvalue weighted by atomic mass is 10.1. The van der Waals surface area contributed by atoms with Crippen LogP contribution in [0.2, 0.25) is 0 Å². The van der Waals surface area contributed by atoms with Gasteiger partial charge in [-0.05, 0) is 36.4 Å². The van der Waals surface area contributed by atoms with Gasteiger partial charge >= 0.3 is 0 Å². The first kappa shape index (κ1) is 11.3. The molecular weight excluding hydrogens is 221 g/mol. The van der Waals surface area contributed by atoms with Crippen molar-refractivity contribution in [2.24, 2.45) is 5.73 Å². The zero-order valence-electron chi connectivity index (χ0n) is 9.11. The van der Waals surface area contributed by atoms with Crippen molar-refractivity contribution in [3.8, 4) is 10.4 Å². The highest BCUT2D eigenvalue weighted by molar-refractivity contribution is 7.15. The Balaban J connectivity index is 2.28. The average Bonchev–Trinajstić information content (AvgIpc) is 2.78. The van der Waals surface area contributed by atoms with Crippen LogP contribution in [-0.2, 0) is 0 Å². The topological polar surface area (TPSA) is 26.0 Å². The fourth-order valence-corrected chi connectivity index (χ4v) is 2.58. The smallest absolute Gasteiger partial charge is 0.123 e. The summed E-state index contributed by atoms with van der Waals surface area (Å²) in [6.45, 7) is 2.77. The quantitative estimate of drug-likeness (QED) is 0.864. The molecule has 0 fully saturated rings. The molecule has 0 aliphatic rings. The summed E-state index contributed by atoms with van der Waals surface area (Å²) in [4.78, 5) is 2.44. The van der Waals surface area contributed by atoms with Crippen LogP contribution in [0, 0.1) is 5.82 Å². The summed E-state index contributed by atoms with van der Waals surface area (Å²) in [5, 5.41) is 0. The van der Waals surface area contributed by atoms with Gasteiger partial charge in [0.05, 0.1) is 0 Å². The average molecular weight is 235 g/mol. The molecule has 0 spiro atoms. The Hall–Kier alpha value is -1.19. The number of benzene rings is 1. The molecule has 1 unspecified atom stereocenters. The van der Waals surface area contributed by atoms with Gasteiger partial charge in [0.2, 0.25) is 0 Å². The van der Waals surface area contributed by atoms with Crippen LogP contribution in [0.25, 0.3) is 10.4 Å². The van der Waals surface area contributed by atoms with E-state index in [0.717, 1.165) is 10.4 Å². The third-order valence-electron chi connectivity index (χ3n) is 2.59. The van der Waals surface area contributed by atoms with E-state index in [4.69, 9.17) is 5.73 Å². The summed E-state index contributed by atoms with van der Waals surface area (Å²) < 4.78 is 12.8. The molecular formula is C13H14FNS. The van der Waals surface area contributed by atoms with Crippen LogP contribution < -0.4 is 5.73 Å². The lowest BCUT2D eigenvalue weighted by Gasteiger charge is -2.03. The minimum absolute atomic E-state index is 0.198. The van der Waals surface area contributed by atoms with Gasteiger partial charge in [0, 0.05) is 15.7 Å². The van der Waals surface area contributed by atoms with Gasteiger partial charge in [-0.3, -0.25) is 0 Å². The fourth-order valence-electron chi connectivity index (χ4n) is 1.50. The molecule has 0 saturated carbocycles. The normalized spacial score (nSPS) is 12.7. The minimum Gasteiger partial charge on any atom is -0.330 e. The van der Waals surface area contributed by atoms with Crippen LogP contribution in [0.5, 0.6) is 0 Å². The number of nitrogens with two attached hydrogens (primary N) is 1. The molecule has 0 saturated heterocycles. The largest absolute Gasteiger partial charge is 0.330 e. The van der Waals surface area contributed by atoms with Crippen LogP contribution in [-0.4, -0.2) is 6.54 Å². The van der Waals surface area contributed by atoms with Gasteiger partial charge in [0.1, 0.15) is 5.82 Å². The highest BCUT2D eigenvalue weighted by Gasteiger charge is 2.08. The Labute approximate surface area is 98.7 Å². The van der Waals surface area contributed by atoms with E-state index in [9.17, 15) is 4.39 Å². The maximum absolute atomic E-state index is 12.8. The predicted octanol–water partition coefficient (Wildman–Crippen LogP) is 3.62. The molecule has 1 aromatic carbocycles. The van der Waals surface area contributed by atoms with Gasteiger partial charge in [-0.1, -0.05) is 19.1 Å². The Morgan fingerprint density at radius 1 is 1.19 bits per heavy atom. The summed E-state index contributed by atoms with van der Waals surface area (Å²) in [5.41, 5.74) is 6.69. The van der Waals surface area contributed by atoms with Gasteiger partial charge in [-0.15, -0.1) is 11.3 Å². The zero-order chi connectivity index (χ0) is 11.5. The highest BCUT2D eigenvalue weighted by Crippen LogP contribution is 2.31. The van der Waals surface area contributed by atoms with E-state index in [1.54, 1.807) is 23.5 Å². The summed E-state index contributed by atoms with van der Waals surface area (Å²) >= 11 is 1.72. The van der Waals surface area contributed by atoms with Crippen molar-refractivity contribution >= 4 is 11.3 Å². The molecule has 1 nitrogen and oxygen atoms in total. The highest BCUT2D eigenvalue weighted by atomic mass is 32.1. The van der Waals surface area contributed by atoms with Crippen LogP contribution in [0.3, 0.4) is 0 Å². The Morgan fingerprint density at radius 3 is 2.50 bits per heavy atom. The van der Waals surface area contributed by atoms with Crippen molar-refractivity contribution in [2.75, 3.05) is 6.54 Å². The SMILES string of the molecule is CC(CN)c1ccc(-c2ccc(F)cc2)s1. The van der Waals surface area contributed by atoms with Crippen molar-refractivity contribution in [3.63, 3.8) is 0 Å². The lowest BCUT2D eigenvalue weighted by molar-refractivity contribution is 0.628. The molecule has 0 aliphatic heterocycles. The maximum atomic E-state index is 12.8. The van der Waals surface area contributed by atoms with E-state index < -0.39 is 0 Å². The van der Waals surface area contributed by atoms with Crippen molar-refractivity contribution in [2.45, 2.75) is 12.8 Å². The molecule has 84 valence electrons. The first-order valence-corrected chi connectivity index (χ1v) is 6.08. The van der Waals surface area contributed by atoms with E-state index in [1.165, 1.54) is 17.0 Å². The molecule has 2 rings (SSSR count). The third kappa shape index (κ3) is 2.31. The predicted molar refractivity (Wildman–Crippen MR) is 67.2 cm³/mol. The molecule has 0 aliphatic carbocycles. The summed E-state index contributed by atoms with van der Waals surface area (Å²) in [7, 11) is 0.